The Hall–Kier alpha value is -1.13. The molecule has 0 heterocycles. The topological polar surface area (TPSA) is 12.0 Å². The van der Waals surface area contributed by atoms with E-state index in [2.05, 4.69) is 49.3 Å². The highest BCUT2D eigenvalue weighted by Gasteiger charge is 2.21. The third-order valence-corrected chi connectivity index (χ3v) is 3.09. The lowest BCUT2D eigenvalue weighted by atomic mass is 9.91. The van der Waals surface area contributed by atoms with Gasteiger partial charge in [0.2, 0.25) is 0 Å². The van der Waals surface area contributed by atoms with E-state index in [0.29, 0.717) is 0 Å². The number of nitrogens with one attached hydrogen (secondary N) is 1. The van der Waals surface area contributed by atoms with Gasteiger partial charge in [0, 0.05) is 12.1 Å². The van der Waals surface area contributed by atoms with Crippen LogP contribution >= 0.6 is 24.0 Å². The van der Waals surface area contributed by atoms with E-state index in [9.17, 15) is 0 Å². The Morgan fingerprint density at radius 2 is 1.60 bits per heavy atom. The van der Waals surface area contributed by atoms with Crippen molar-refractivity contribution in [3.63, 3.8) is 0 Å². The van der Waals surface area contributed by atoms with Gasteiger partial charge in [-0.3, -0.25) is 0 Å². The lowest BCUT2D eigenvalue weighted by molar-refractivity contribution is 0.430. The summed E-state index contributed by atoms with van der Waals surface area (Å²) in [7, 11) is 0. The highest BCUT2D eigenvalue weighted by atomic mass is 127. The van der Waals surface area contributed by atoms with E-state index in [-0.39, 0.29) is 29.5 Å². The summed E-state index contributed by atoms with van der Waals surface area (Å²) in [4.78, 5) is 0. The number of hydrogen-bond donors (Lipinski definition) is 1. The third-order valence-electron chi connectivity index (χ3n) is 3.09. The molecule has 0 amide bonds. The third kappa shape index (κ3) is 6.35. The summed E-state index contributed by atoms with van der Waals surface area (Å²) >= 11 is 0. The second-order valence-electron chi connectivity index (χ2n) is 4.54. The highest BCUT2D eigenvalue weighted by Crippen LogP contribution is 2.18. The van der Waals surface area contributed by atoms with Crippen molar-refractivity contribution in [2.45, 2.75) is 18.4 Å². The molecule has 0 atom stereocenters. The number of halogens is 1. The Balaban J connectivity index is 0.00000361. The van der Waals surface area contributed by atoms with Gasteiger partial charge >= 0.3 is 0 Å². The average molecular weight is 381 g/mol. The molecular weight excluding hydrogens is 357 g/mol. The molecular formula is C18H24IN. The molecule has 0 saturated heterocycles. The molecule has 0 bridgehead atoms. The maximum absolute atomic E-state index is 3.93. The monoisotopic (exact) mass is 381 g/mol. The predicted octanol–water partition coefficient (Wildman–Crippen LogP) is 4.98. The summed E-state index contributed by atoms with van der Waals surface area (Å²) in [5.74, 6) is 0. The molecule has 1 rings (SSSR count). The van der Waals surface area contributed by atoms with E-state index in [1.54, 1.807) is 0 Å². The van der Waals surface area contributed by atoms with Crippen molar-refractivity contribution in [1.82, 2.24) is 5.32 Å². The normalized spacial score (nSPS) is 10.8. The van der Waals surface area contributed by atoms with Crippen LogP contribution in [-0.2, 0) is 0 Å². The Morgan fingerprint density at radius 1 is 1.00 bits per heavy atom. The quantitative estimate of drug-likeness (QED) is 0.470. The van der Waals surface area contributed by atoms with Gasteiger partial charge < -0.3 is 5.32 Å². The maximum Gasteiger partial charge on any atom is 0.0433 e. The molecule has 0 aliphatic carbocycles. The minimum atomic E-state index is -0.134. The lowest BCUT2D eigenvalue weighted by Crippen LogP contribution is -2.42. The van der Waals surface area contributed by atoms with E-state index in [0.717, 1.165) is 19.4 Å². The van der Waals surface area contributed by atoms with E-state index in [4.69, 9.17) is 0 Å². The molecule has 0 aliphatic heterocycles. The molecule has 0 fully saturated rings. The Bertz CT molecular complexity index is 424. The fourth-order valence-corrected chi connectivity index (χ4v) is 2.00. The minimum Gasteiger partial charge on any atom is -0.304 e. The van der Waals surface area contributed by atoms with Crippen LogP contribution in [0.5, 0.6) is 0 Å². The highest BCUT2D eigenvalue weighted by molar-refractivity contribution is 14.0. The molecule has 1 aromatic rings. The first-order valence-electron chi connectivity index (χ1n) is 6.58. The van der Waals surface area contributed by atoms with Crippen LogP contribution in [0, 0.1) is 0 Å². The fraction of sp³-hybridized carbons (Fsp3) is 0.222. The first-order chi connectivity index (χ1) is 9.26. The van der Waals surface area contributed by atoms with Gasteiger partial charge in [0.1, 0.15) is 0 Å². The van der Waals surface area contributed by atoms with Crippen LogP contribution < -0.4 is 5.32 Å². The molecule has 2 heteroatoms. The van der Waals surface area contributed by atoms with Crippen LogP contribution in [0.15, 0.2) is 74.4 Å². The zero-order chi connectivity index (χ0) is 14.0. The molecule has 108 valence electrons. The number of hydrogen-bond acceptors (Lipinski definition) is 1. The van der Waals surface area contributed by atoms with Crippen LogP contribution in [0.1, 0.15) is 18.4 Å². The molecule has 0 spiro atoms. The first kappa shape index (κ1) is 18.9. The van der Waals surface area contributed by atoms with Gasteiger partial charge in [0.25, 0.3) is 0 Å². The largest absolute Gasteiger partial charge is 0.304 e. The van der Waals surface area contributed by atoms with E-state index in [1.807, 2.05) is 36.4 Å². The summed E-state index contributed by atoms with van der Waals surface area (Å²) < 4.78 is 0. The predicted molar refractivity (Wildman–Crippen MR) is 101 cm³/mol. The average Bonchev–Trinajstić information content (AvgIpc) is 2.45. The maximum atomic E-state index is 3.93. The molecule has 1 aromatic carbocycles. The van der Waals surface area contributed by atoms with E-state index in [1.165, 1.54) is 5.56 Å². The van der Waals surface area contributed by atoms with Crippen molar-refractivity contribution in [1.29, 1.82) is 0 Å². The summed E-state index contributed by atoms with van der Waals surface area (Å²) in [6.07, 6.45) is 11.7. The summed E-state index contributed by atoms with van der Waals surface area (Å²) in [6.45, 7) is 12.3. The van der Waals surface area contributed by atoms with Crippen molar-refractivity contribution in [2.75, 3.05) is 6.54 Å². The van der Waals surface area contributed by atoms with Gasteiger partial charge in [-0.05, 0) is 18.4 Å². The van der Waals surface area contributed by atoms with E-state index < -0.39 is 0 Å². The molecule has 1 nitrogen and oxygen atoms in total. The van der Waals surface area contributed by atoms with Gasteiger partial charge in [0.05, 0.1) is 0 Å². The summed E-state index contributed by atoms with van der Waals surface area (Å²) in [5, 5.41) is 3.51. The Labute approximate surface area is 140 Å². The van der Waals surface area contributed by atoms with Gasteiger partial charge in [-0.15, -0.1) is 43.7 Å². The number of benzene rings is 1. The van der Waals surface area contributed by atoms with Crippen LogP contribution in [0.25, 0.3) is 6.08 Å². The van der Waals surface area contributed by atoms with Gasteiger partial charge in [-0.2, -0.15) is 0 Å². The molecule has 0 saturated carbocycles. The van der Waals surface area contributed by atoms with Gasteiger partial charge in [0.15, 0.2) is 0 Å². The molecule has 20 heavy (non-hydrogen) atoms. The molecule has 0 unspecified atom stereocenters. The Morgan fingerprint density at radius 3 is 2.10 bits per heavy atom. The van der Waals surface area contributed by atoms with Crippen LogP contribution in [0.2, 0.25) is 0 Å². The van der Waals surface area contributed by atoms with Crippen molar-refractivity contribution in [3.05, 3.63) is 79.9 Å². The molecule has 0 radical (unpaired) electrons. The zero-order valence-corrected chi connectivity index (χ0v) is 14.3. The van der Waals surface area contributed by atoms with Crippen LogP contribution in [0.4, 0.5) is 0 Å². The SMILES string of the molecule is C=CCC(C=C)(CC=C)NCC=Cc1ccccc1.I. The zero-order valence-electron chi connectivity index (χ0n) is 11.9. The van der Waals surface area contributed by atoms with Crippen molar-refractivity contribution in [2.24, 2.45) is 0 Å². The van der Waals surface area contributed by atoms with Gasteiger partial charge in [-0.1, -0.05) is 60.7 Å². The number of rotatable bonds is 9. The second-order valence-corrected chi connectivity index (χ2v) is 4.54. The van der Waals surface area contributed by atoms with Crippen molar-refractivity contribution < 1.29 is 0 Å². The van der Waals surface area contributed by atoms with Gasteiger partial charge in [-0.25, -0.2) is 0 Å². The molecule has 0 aliphatic rings. The smallest absolute Gasteiger partial charge is 0.0433 e. The first-order valence-corrected chi connectivity index (χ1v) is 6.58. The van der Waals surface area contributed by atoms with Crippen molar-refractivity contribution in [3.8, 4) is 0 Å². The molecule has 0 aromatic heterocycles. The van der Waals surface area contributed by atoms with Crippen LogP contribution in [0.3, 0.4) is 0 Å². The van der Waals surface area contributed by atoms with Crippen molar-refractivity contribution >= 4 is 30.1 Å². The molecule has 1 N–H and O–H groups in total. The summed E-state index contributed by atoms with van der Waals surface area (Å²) in [5.41, 5.74) is 1.07. The fourth-order valence-electron chi connectivity index (χ4n) is 2.00. The van der Waals surface area contributed by atoms with Crippen LogP contribution in [-0.4, -0.2) is 12.1 Å². The second kappa shape index (κ2) is 10.6. The standard InChI is InChI=1S/C18H23N.HI/c1-4-14-18(6-3,15-5-2)19-16-10-13-17-11-8-7-9-12-17;/h4-13,19H,1-3,14-16H2;1H. The summed E-state index contributed by atoms with van der Waals surface area (Å²) in [6, 6.07) is 10.3. The Kier molecular flexibility index (Phi) is 10.0. The minimum absolute atomic E-state index is 0. The van der Waals surface area contributed by atoms with E-state index >= 15 is 0 Å². The lowest BCUT2D eigenvalue weighted by Gasteiger charge is -2.29.